The Morgan fingerprint density at radius 3 is 2.37 bits per heavy atom. The number of thioether (sulfide) groups is 1. The summed E-state index contributed by atoms with van der Waals surface area (Å²) in [4.78, 5) is 23.0. The van der Waals surface area contributed by atoms with Gasteiger partial charge in [0.2, 0.25) is 5.91 Å². The highest BCUT2D eigenvalue weighted by molar-refractivity contribution is 7.98. The maximum Gasteiger partial charge on any atom is 0.310 e. The first-order valence-electron chi connectivity index (χ1n) is 6.83. The summed E-state index contributed by atoms with van der Waals surface area (Å²) in [5.74, 6) is 0.0108. The van der Waals surface area contributed by atoms with Gasteiger partial charge < -0.3 is 10.4 Å². The van der Waals surface area contributed by atoms with Crippen molar-refractivity contribution in [1.29, 1.82) is 0 Å². The van der Waals surface area contributed by atoms with Gasteiger partial charge in [-0.2, -0.15) is 11.8 Å². The number of hydrogen-bond acceptors (Lipinski definition) is 3. The first-order valence-corrected chi connectivity index (χ1v) is 8.23. The lowest BCUT2D eigenvalue weighted by Crippen LogP contribution is -2.39. The molecule has 0 heterocycles. The van der Waals surface area contributed by atoms with Crippen LogP contribution in [0.25, 0.3) is 0 Å². The Kier molecular flexibility index (Phi) is 8.89. The Morgan fingerprint density at radius 2 is 1.89 bits per heavy atom. The molecule has 0 aliphatic heterocycles. The van der Waals surface area contributed by atoms with Crippen LogP contribution in [0.1, 0.15) is 46.5 Å². The van der Waals surface area contributed by atoms with Crippen LogP contribution in [0.15, 0.2) is 0 Å². The van der Waals surface area contributed by atoms with E-state index in [1.807, 2.05) is 25.6 Å². The van der Waals surface area contributed by atoms with Crippen LogP contribution in [0, 0.1) is 11.3 Å². The number of carbonyl (C=O) groups is 2. The van der Waals surface area contributed by atoms with Crippen molar-refractivity contribution >= 4 is 23.6 Å². The molecule has 0 saturated heterocycles. The lowest BCUT2D eigenvalue weighted by Gasteiger charge is -2.28. The molecular weight excluding hydrogens is 262 g/mol. The van der Waals surface area contributed by atoms with Gasteiger partial charge in [-0.1, -0.05) is 20.3 Å². The Morgan fingerprint density at radius 1 is 1.26 bits per heavy atom. The molecule has 0 bridgehead atoms. The van der Waals surface area contributed by atoms with Crippen molar-refractivity contribution in [3.8, 4) is 0 Å². The molecule has 4 nitrogen and oxygen atoms in total. The topological polar surface area (TPSA) is 66.4 Å². The molecule has 0 aliphatic rings. The number of hydrogen-bond donors (Lipinski definition) is 2. The third-order valence-electron chi connectivity index (χ3n) is 3.64. The van der Waals surface area contributed by atoms with E-state index in [1.165, 1.54) is 0 Å². The molecule has 2 N–H and O–H groups in total. The second kappa shape index (κ2) is 9.23. The van der Waals surface area contributed by atoms with Gasteiger partial charge in [-0.05, 0) is 37.7 Å². The van der Waals surface area contributed by atoms with Crippen molar-refractivity contribution in [2.24, 2.45) is 11.3 Å². The molecule has 1 amide bonds. The van der Waals surface area contributed by atoms with Gasteiger partial charge in [0.1, 0.15) is 0 Å². The molecule has 5 heteroatoms. The van der Waals surface area contributed by atoms with Crippen LogP contribution in [-0.2, 0) is 9.59 Å². The zero-order valence-electron chi connectivity index (χ0n) is 12.5. The normalized spacial score (nSPS) is 14.2. The molecule has 0 spiro atoms. The third kappa shape index (κ3) is 6.85. The standard InChI is InChI=1S/C14H27NO3S/c1-11(2)14(3,13(17)18)10-12(16)15-8-6-5-7-9-19-4/h11H,5-10H2,1-4H3,(H,15,16)(H,17,18). The summed E-state index contributed by atoms with van der Waals surface area (Å²) in [6.45, 7) is 5.95. The molecule has 0 rings (SSSR count). The van der Waals surface area contributed by atoms with E-state index in [2.05, 4.69) is 11.6 Å². The van der Waals surface area contributed by atoms with Crippen molar-refractivity contribution in [2.45, 2.75) is 46.5 Å². The fourth-order valence-corrected chi connectivity index (χ4v) is 2.19. The van der Waals surface area contributed by atoms with Crippen LogP contribution in [0.2, 0.25) is 0 Å². The lowest BCUT2D eigenvalue weighted by molar-refractivity contribution is -0.153. The molecule has 0 aromatic heterocycles. The quantitative estimate of drug-likeness (QED) is 0.607. The average molecular weight is 289 g/mol. The van der Waals surface area contributed by atoms with Gasteiger partial charge in [-0.25, -0.2) is 0 Å². The smallest absolute Gasteiger partial charge is 0.310 e. The van der Waals surface area contributed by atoms with E-state index in [4.69, 9.17) is 0 Å². The molecular formula is C14H27NO3S. The van der Waals surface area contributed by atoms with Gasteiger partial charge in [-0.15, -0.1) is 0 Å². The molecule has 0 aromatic rings. The number of nitrogens with one attached hydrogen (secondary N) is 1. The molecule has 19 heavy (non-hydrogen) atoms. The Bertz CT molecular complexity index is 294. The van der Waals surface area contributed by atoms with Gasteiger partial charge in [-0.3, -0.25) is 9.59 Å². The van der Waals surface area contributed by atoms with Crippen LogP contribution in [0.5, 0.6) is 0 Å². The molecule has 0 aliphatic carbocycles. The number of carbonyl (C=O) groups excluding carboxylic acids is 1. The van der Waals surface area contributed by atoms with Crippen LogP contribution in [0.3, 0.4) is 0 Å². The Hall–Kier alpha value is -0.710. The van der Waals surface area contributed by atoms with Crippen molar-refractivity contribution in [3.05, 3.63) is 0 Å². The molecule has 0 fully saturated rings. The number of rotatable bonds is 10. The SMILES string of the molecule is CSCCCCCNC(=O)CC(C)(C(=O)O)C(C)C. The minimum Gasteiger partial charge on any atom is -0.481 e. The minimum atomic E-state index is -0.983. The van der Waals surface area contributed by atoms with Gasteiger partial charge in [0.25, 0.3) is 0 Å². The van der Waals surface area contributed by atoms with E-state index in [0.717, 1.165) is 25.0 Å². The molecule has 1 unspecified atom stereocenters. The second-order valence-electron chi connectivity index (χ2n) is 5.46. The number of amides is 1. The summed E-state index contributed by atoms with van der Waals surface area (Å²) < 4.78 is 0. The van der Waals surface area contributed by atoms with Crippen LogP contribution >= 0.6 is 11.8 Å². The summed E-state index contributed by atoms with van der Waals surface area (Å²) in [7, 11) is 0. The Balaban J connectivity index is 3.99. The monoisotopic (exact) mass is 289 g/mol. The highest BCUT2D eigenvalue weighted by Gasteiger charge is 2.38. The average Bonchev–Trinajstić information content (AvgIpc) is 2.32. The van der Waals surface area contributed by atoms with Gasteiger partial charge >= 0.3 is 5.97 Å². The lowest BCUT2D eigenvalue weighted by atomic mass is 9.76. The largest absolute Gasteiger partial charge is 0.481 e. The van der Waals surface area contributed by atoms with Gasteiger partial charge in [0, 0.05) is 13.0 Å². The highest BCUT2D eigenvalue weighted by atomic mass is 32.2. The zero-order valence-corrected chi connectivity index (χ0v) is 13.3. The maximum absolute atomic E-state index is 11.8. The van der Waals surface area contributed by atoms with Crippen molar-refractivity contribution in [2.75, 3.05) is 18.6 Å². The van der Waals surface area contributed by atoms with Crippen molar-refractivity contribution in [3.63, 3.8) is 0 Å². The summed E-state index contributed by atoms with van der Waals surface area (Å²) in [6, 6.07) is 0. The predicted octanol–water partition coefficient (Wildman–Crippen LogP) is 2.77. The van der Waals surface area contributed by atoms with E-state index in [9.17, 15) is 14.7 Å². The zero-order chi connectivity index (χ0) is 14.9. The number of carboxylic acid groups (broad SMARTS) is 1. The van der Waals surface area contributed by atoms with Crippen LogP contribution < -0.4 is 5.32 Å². The summed E-state index contributed by atoms with van der Waals surface area (Å²) >= 11 is 1.83. The first-order chi connectivity index (χ1) is 8.84. The summed E-state index contributed by atoms with van der Waals surface area (Å²) in [6.07, 6.45) is 5.35. The van der Waals surface area contributed by atoms with Gasteiger partial charge in [0.05, 0.1) is 5.41 Å². The summed E-state index contributed by atoms with van der Waals surface area (Å²) in [5.41, 5.74) is -0.983. The van der Waals surface area contributed by atoms with Gasteiger partial charge in [0.15, 0.2) is 0 Å². The number of carboxylic acids is 1. The molecule has 0 radical (unpaired) electrons. The first kappa shape index (κ1) is 18.3. The van der Waals surface area contributed by atoms with E-state index in [1.54, 1.807) is 6.92 Å². The Labute approximate surface area is 120 Å². The van der Waals surface area contributed by atoms with Crippen LogP contribution in [0.4, 0.5) is 0 Å². The van der Waals surface area contributed by atoms with Crippen molar-refractivity contribution in [1.82, 2.24) is 5.32 Å². The van der Waals surface area contributed by atoms with E-state index < -0.39 is 11.4 Å². The predicted molar refractivity (Wildman–Crippen MR) is 80.4 cm³/mol. The minimum absolute atomic E-state index is 0.0464. The number of aliphatic carboxylic acids is 1. The maximum atomic E-state index is 11.8. The molecule has 112 valence electrons. The van der Waals surface area contributed by atoms with E-state index in [0.29, 0.717) is 6.54 Å². The van der Waals surface area contributed by atoms with E-state index >= 15 is 0 Å². The fraction of sp³-hybridized carbons (Fsp3) is 0.857. The van der Waals surface area contributed by atoms with E-state index in [-0.39, 0.29) is 18.2 Å². The highest BCUT2D eigenvalue weighted by Crippen LogP contribution is 2.31. The third-order valence-corrected chi connectivity index (χ3v) is 4.33. The molecule has 0 aromatic carbocycles. The fourth-order valence-electron chi connectivity index (χ4n) is 1.70. The molecule has 0 saturated carbocycles. The van der Waals surface area contributed by atoms with Crippen LogP contribution in [-0.4, -0.2) is 35.5 Å². The molecule has 1 atom stereocenters. The van der Waals surface area contributed by atoms with Crippen molar-refractivity contribution < 1.29 is 14.7 Å². The number of unbranched alkanes of at least 4 members (excludes halogenated alkanes) is 2. The summed E-state index contributed by atoms with van der Waals surface area (Å²) in [5, 5.41) is 12.1. The second-order valence-corrected chi connectivity index (χ2v) is 6.44.